The van der Waals surface area contributed by atoms with Crippen LogP contribution in [0.15, 0.2) is 15.5 Å². The van der Waals surface area contributed by atoms with Gasteiger partial charge in [0.2, 0.25) is 0 Å². The van der Waals surface area contributed by atoms with Gasteiger partial charge in [0.15, 0.2) is 9.21 Å². The van der Waals surface area contributed by atoms with Crippen LogP contribution < -0.4 is 0 Å². The summed E-state index contributed by atoms with van der Waals surface area (Å²) in [6.45, 7) is 0. The zero-order valence-electron chi connectivity index (χ0n) is 4.99. The van der Waals surface area contributed by atoms with Crippen LogP contribution in [0, 0.1) is 10.1 Å². The summed E-state index contributed by atoms with van der Waals surface area (Å²) < 4.78 is 0.341. The molecule has 0 unspecified atom stereocenters. The fourth-order valence-corrected chi connectivity index (χ4v) is 1.60. The lowest BCUT2D eigenvalue weighted by atomic mass is 10.6. The van der Waals surface area contributed by atoms with Crippen LogP contribution in [0.25, 0.3) is 0 Å². The lowest BCUT2D eigenvalue weighted by Crippen LogP contribution is -1.94. The molecule has 0 bridgehead atoms. The number of nitrogens with zero attached hydrogens (tertiary/aromatic N) is 3. The molecule has 0 aliphatic heterocycles. The zero-order chi connectivity index (χ0) is 8.43. The second kappa shape index (κ2) is 3.22. The largest absolute Gasteiger partial charge is 0.334 e. The molecule has 7 heteroatoms. The van der Waals surface area contributed by atoms with Crippen molar-refractivity contribution in [2.24, 2.45) is 0 Å². The molecule has 1 aromatic rings. The standard InChI is InChI=1S/C4HBr2N3O2/c5-3-2(9(10)11)4(6)8-1-7-3/h1H. The van der Waals surface area contributed by atoms with Gasteiger partial charge in [0, 0.05) is 0 Å². The van der Waals surface area contributed by atoms with Crippen molar-refractivity contribution in [2.45, 2.75) is 0 Å². The molecule has 0 aliphatic rings. The minimum Gasteiger partial charge on any atom is -0.258 e. The summed E-state index contributed by atoms with van der Waals surface area (Å²) in [6.07, 6.45) is 1.22. The molecule has 0 atom stereocenters. The van der Waals surface area contributed by atoms with Crippen molar-refractivity contribution in [3.63, 3.8) is 0 Å². The Morgan fingerprint density at radius 3 is 2.09 bits per heavy atom. The fraction of sp³-hybridized carbons (Fsp3) is 0. The molecule has 1 heterocycles. The Morgan fingerprint density at radius 2 is 1.82 bits per heavy atom. The van der Waals surface area contributed by atoms with Crippen molar-refractivity contribution in [2.75, 3.05) is 0 Å². The monoisotopic (exact) mass is 281 g/mol. The van der Waals surface area contributed by atoms with E-state index in [1.54, 1.807) is 0 Å². The Hall–Kier alpha value is -0.560. The van der Waals surface area contributed by atoms with Gasteiger partial charge in [-0.05, 0) is 31.9 Å². The highest BCUT2D eigenvalue weighted by Crippen LogP contribution is 2.28. The summed E-state index contributed by atoms with van der Waals surface area (Å²) in [6, 6.07) is 0. The first-order chi connectivity index (χ1) is 5.13. The van der Waals surface area contributed by atoms with E-state index in [2.05, 4.69) is 41.8 Å². The quantitative estimate of drug-likeness (QED) is 0.448. The average Bonchev–Trinajstić information content (AvgIpc) is 1.85. The molecule has 0 amide bonds. The molecule has 1 aromatic heterocycles. The Kier molecular flexibility index (Phi) is 2.50. The molecule has 58 valence electrons. The Balaban J connectivity index is 3.32. The number of hydrogen-bond acceptors (Lipinski definition) is 4. The van der Waals surface area contributed by atoms with E-state index in [9.17, 15) is 10.1 Å². The predicted octanol–water partition coefficient (Wildman–Crippen LogP) is 1.91. The third-order valence-corrected chi connectivity index (χ3v) is 2.08. The van der Waals surface area contributed by atoms with E-state index in [1.807, 2.05) is 0 Å². The highest BCUT2D eigenvalue weighted by Gasteiger charge is 2.18. The third kappa shape index (κ3) is 1.72. The summed E-state index contributed by atoms with van der Waals surface area (Å²) in [4.78, 5) is 16.9. The first-order valence-corrected chi connectivity index (χ1v) is 4.02. The van der Waals surface area contributed by atoms with Gasteiger partial charge in [-0.2, -0.15) is 0 Å². The van der Waals surface area contributed by atoms with Crippen molar-refractivity contribution in [1.82, 2.24) is 9.97 Å². The van der Waals surface area contributed by atoms with E-state index in [0.717, 1.165) is 0 Å². The Morgan fingerprint density at radius 1 is 1.36 bits per heavy atom. The molecular formula is C4HBr2N3O2. The number of aromatic nitrogens is 2. The first kappa shape index (κ1) is 8.54. The Labute approximate surface area is 78.3 Å². The highest BCUT2D eigenvalue weighted by atomic mass is 79.9. The van der Waals surface area contributed by atoms with Gasteiger partial charge in [0.05, 0.1) is 4.92 Å². The zero-order valence-corrected chi connectivity index (χ0v) is 8.16. The van der Waals surface area contributed by atoms with E-state index in [1.165, 1.54) is 6.33 Å². The topological polar surface area (TPSA) is 68.9 Å². The highest BCUT2D eigenvalue weighted by molar-refractivity contribution is 9.11. The third-order valence-electron chi connectivity index (χ3n) is 0.916. The van der Waals surface area contributed by atoms with Gasteiger partial charge in [-0.3, -0.25) is 10.1 Å². The Bertz CT molecular complexity index is 283. The normalized spacial score (nSPS) is 9.64. The van der Waals surface area contributed by atoms with Crippen LogP contribution in [0.3, 0.4) is 0 Å². The molecule has 0 saturated carbocycles. The van der Waals surface area contributed by atoms with Gasteiger partial charge in [-0.25, -0.2) is 9.97 Å². The van der Waals surface area contributed by atoms with E-state index >= 15 is 0 Å². The summed E-state index contributed by atoms with van der Waals surface area (Å²) in [7, 11) is 0. The number of rotatable bonds is 1. The van der Waals surface area contributed by atoms with Crippen LogP contribution in [0.4, 0.5) is 5.69 Å². The molecule has 5 nitrogen and oxygen atoms in total. The average molecular weight is 283 g/mol. The van der Waals surface area contributed by atoms with Crippen molar-refractivity contribution in [3.8, 4) is 0 Å². The molecule has 0 fully saturated rings. The summed E-state index contributed by atoms with van der Waals surface area (Å²) in [5, 5.41) is 10.3. The molecular weight excluding hydrogens is 282 g/mol. The maximum atomic E-state index is 10.3. The van der Waals surface area contributed by atoms with Gasteiger partial charge < -0.3 is 0 Å². The van der Waals surface area contributed by atoms with Crippen molar-refractivity contribution in [3.05, 3.63) is 25.6 Å². The van der Waals surface area contributed by atoms with Crippen LogP contribution in [0.2, 0.25) is 0 Å². The first-order valence-electron chi connectivity index (χ1n) is 2.43. The van der Waals surface area contributed by atoms with Gasteiger partial charge in [-0.1, -0.05) is 0 Å². The number of nitro groups is 1. The molecule has 0 aliphatic carbocycles. The smallest absolute Gasteiger partial charge is 0.258 e. The molecule has 0 aromatic carbocycles. The minimum absolute atomic E-state index is 0.160. The van der Waals surface area contributed by atoms with Gasteiger partial charge in [-0.15, -0.1) is 0 Å². The van der Waals surface area contributed by atoms with Gasteiger partial charge in [0.1, 0.15) is 6.33 Å². The number of halogens is 2. The van der Waals surface area contributed by atoms with Crippen molar-refractivity contribution < 1.29 is 4.92 Å². The van der Waals surface area contributed by atoms with Crippen LogP contribution in [-0.4, -0.2) is 14.9 Å². The van der Waals surface area contributed by atoms with E-state index in [0.29, 0.717) is 0 Å². The second-order valence-corrected chi connectivity index (χ2v) is 3.06. The van der Waals surface area contributed by atoms with Crippen LogP contribution in [-0.2, 0) is 0 Å². The molecule has 0 N–H and O–H groups in total. The maximum absolute atomic E-state index is 10.3. The van der Waals surface area contributed by atoms with E-state index < -0.39 is 4.92 Å². The maximum Gasteiger partial charge on any atom is 0.334 e. The van der Waals surface area contributed by atoms with Crippen LogP contribution in [0.1, 0.15) is 0 Å². The molecule has 0 radical (unpaired) electrons. The number of hydrogen-bond donors (Lipinski definition) is 0. The molecule has 0 saturated heterocycles. The van der Waals surface area contributed by atoms with Gasteiger partial charge >= 0.3 is 5.69 Å². The fourth-order valence-electron chi connectivity index (χ4n) is 0.488. The lowest BCUT2D eigenvalue weighted by Gasteiger charge is -1.93. The van der Waals surface area contributed by atoms with Crippen molar-refractivity contribution in [1.29, 1.82) is 0 Å². The van der Waals surface area contributed by atoms with Crippen LogP contribution in [0.5, 0.6) is 0 Å². The molecule has 11 heavy (non-hydrogen) atoms. The van der Waals surface area contributed by atoms with Gasteiger partial charge in [0.25, 0.3) is 0 Å². The lowest BCUT2D eigenvalue weighted by molar-refractivity contribution is -0.387. The molecule has 1 rings (SSSR count). The second-order valence-electron chi connectivity index (χ2n) is 1.56. The van der Waals surface area contributed by atoms with E-state index in [-0.39, 0.29) is 14.9 Å². The van der Waals surface area contributed by atoms with E-state index in [4.69, 9.17) is 0 Å². The predicted molar refractivity (Wildman–Crippen MR) is 44.1 cm³/mol. The van der Waals surface area contributed by atoms with Crippen LogP contribution >= 0.6 is 31.9 Å². The summed E-state index contributed by atoms with van der Waals surface area (Å²) in [5.74, 6) is 0. The summed E-state index contributed by atoms with van der Waals surface area (Å²) >= 11 is 5.85. The molecule has 0 spiro atoms. The SMILES string of the molecule is O=[N+]([O-])c1c(Br)ncnc1Br. The van der Waals surface area contributed by atoms with Crippen molar-refractivity contribution >= 4 is 37.5 Å². The summed E-state index contributed by atoms with van der Waals surface area (Å²) in [5.41, 5.74) is -0.160. The minimum atomic E-state index is -0.561.